The molecular weight excluding hydrogens is 447 g/mol. The fraction of sp³-hybridized carbons (Fsp3) is 1.00. The van der Waals surface area contributed by atoms with Crippen molar-refractivity contribution in [3.8, 4) is 0 Å². The second-order valence-corrected chi connectivity index (χ2v) is 12.0. The first kappa shape index (κ1) is 33.8. The van der Waals surface area contributed by atoms with Crippen molar-refractivity contribution >= 4 is 10.1 Å². The van der Waals surface area contributed by atoms with Gasteiger partial charge in [-0.15, -0.1) is 0 Å². The summed E-state index contributed by atoms with van der Waals surface area (Å²) in [5.41, 5.74) is -1.87. The first-order valence-electron chi connectivity index (χ1n) is 15.1. The highest BCUT2D eigenvalue weighted by atomic mass is 32.2. The Kier molecular flexibility index (Phi) is 25.8. The summed E-state index contributed by atoms with van der Waals surface area (Å²) in [7, 11) is -4.05. The molecule has 3 nitrogen and oxygen atoms in total. The zero-order valence-electron chi connectivity index (χ0n) is 23.0. The molecule has 0 aliphatic carbocycles. The molecule has 1 atom stereocenters. The third-order valence-electron chi connectivity index (χ3n) is 6.84. The highest BCUT2D eigenvalue weighted by Gasteiger charge is 2.25. The minimum absolute atomic E-state index is 0.0646. The maximum Gasteiger partial charge on any atom is 0.299 e. The number of halogens is 1. The van der Waals surface area contributed by atoms with Crippen molar-refractivity contribution in [1.29, 1.82) is 0 Å². The first-order valence-corrected chi connectivity index (χ1v) is 16.5. The summed E-state index contributed by atoms with van der Waals surface area (Å²) in [5.74, 6) is 0. The summed E-state index contributed by atoms with van der Waals surface area (Å²) in [6.07, 6.45) is 29.3. The molecule has 0 saturated carbocycles. The van der Waals surface area contributed by atoms with Gasteiger partial charge in [0.25, 0.3) is 10.1 Å². The second-order valence-electron chi connectivity index (χ2n) is 10.3. The van der Waals surface area contributed by atoms with Gasteiger partial charge in [0.15, 0.2) is 0 Å². The minimum Gasteiger partial charge on any atom is -0.268 e. The van der Waals surface area contributed by atoms with E-state index < -0.39 is 15.6 Å². The molecule has 0 fully saturated rings. The zero-order chi connectivity index (χ0) is 25.2. The van der Waals surface area contributed by atoms with E-state index in [2.05, 4.69) is 13.8 Å². The lowest BCUT2D eigenvalue weighted by Gasteiger charge is -2.10. The summed E-state index contributed by atoms with van der Waals surface area (Å²) >= 11 is 0. The summed E-state index contributed by atoms with van der Waals surface area (Å²) in [6.45, 7) is 4.57. The standard InChI is InChI=1S/C29H59FO3S/c1-3-5-7-9-11-12-13-14-15-16-17-18-19-20-22-24-26-28-33-34(31,32)29(30)27-25-23-21-10-8-6-4-2/h29H,3-28H2,1-2H3. The van der Waals surface area contributed by atoms with E-state index in [1.54, 1.807) is 0 Å². The van der Waals surface area contributed by atoms with Crippen LogP contribution >= 0.6 is 0 Å². The minimum atomic E-state index is -4.05. The molecular formula is C29H59FO3S. The number of hydrogen-bond donors (Lipinski definition) is 0. The van der Waals surface area contributed by atoms with Crippen molar-refractivity contribution in [2.24, 2.45) is 0 Å². The molecule has 0 aliphatic heterocycles. The van der Waals surface area contributed by atoms with Crippen LogP contribution in [-0.2, 0) is 14.3 Å². The molecule has 0 aromatic heterocycles. The molecule has 0 N–H and O–H groups in total. The molecule has 0 rings (SSSR count). The van der Waals surface area contributed by atoms with E-state index >= 15 is 0 Å². The van der Waals surface area contributed by atoms with Crippen LogP contribution in [0.4, 0.5) is 4.39 Å². The van der Waals surface area contributed by atoms with Gasteiger partial charge in [-0.2, -0.15) is 8.42 Å². The first-order chi connectivity index (χ1) is 16.5. The van der Waals surface area contributed by atoms with Crippen LogP contribution < -0.4 is 0 Å². The fourth-order valence-electron chi connectivity index (χ4n) is 4.48. The number of hydrogen-bond acceptors (Lipinski definition) is 3. The van der Waals surface area contributed by atoms with Gasteiger partial charge in [-0.25, -0.2) is 4.39 Å². The van der Waals surface area contributed by atoms with Crippen molar-refractivity contribution in [2.75, 3.05) is 6.61 Å². The van der Waals surface area contributed by atoms with Gasteiger partial charge in [0.05, 0.1) is 6.61 Å². The smallest absolute Gasteiger partial charge is 0.268 e. The molecule has 0 radical (unpaired) electrons. The molecule has 0 aromatic rings. The van der Waals surface area contributed by atoms with E-state index in [0.717, 1.165) is 32.1 Å². The Bertz CT molecular complexity index is 496. The largest absolute Gasteiger partial charge is 0.299 e. The van der Waals surface area contributed by atoms with Crippen molar-refractivity contribution in [3.05, 3.63) is 0 Å². The molecule has 0 amide bonds. The topological polar surface area (TPSA) is 43.4 Å². The average molecular weight is 507 g/mol. The van der Waals surface area contributed by atoms with Gasteiger partial charge in [-0.1, -0.05) is 155 Å². The van der Waals surface area contributed by atoms with Crippen LogP contribution in [0.5, 0.6) is 0 Å². The zero-order valence-corrected chi connectivity index (χ0v) is 23.8. The summed E-state index contributed by atoms with van der Waals surface area (Å²) in [6, 6.07) is 0. The Labute approximate surface area is 213 Å². The third kappa shape index (κ3) is 23.6. The Morgan fingerprint density at radius 2 is 0.794 bits per heavy atom. The lowest BCUT2D eigenvalue weighted by molar-refractivity contribution is 0.270. The molecule has 0 heterocycles. The highest BCUT2D eigenvalue weighted by molar-refractivity contribution is 7.87. The summed E-state index contributed by atoms with van der Waals surface area (Å²) in [4.78, 5) is 0. The van der Waals surface area contributed by atoms with Crippen LogP contribution in [0.3, 0.4) is 0 Å². The normalized spacial score (nSPS) is 12.9. The van der Waals surface area contributed by atoms with Gasteiger partial charge >= 0.3 is 0 Å². The third-order valence-corrected chi connectivity index (χ3v) is 8.20. The van der Waals surface area contributed by atoms with Gasteiger partial charge in [-0.05, 0) is 19.3 Å². The van der Waals surface area contributed by atoms with E-state index in [1.165, 1.54) is 109 Å². The lowest BCUT2D eigenvalue weighted by Crippen LogP contribution is -2.19. The molecule has 0 saturated heterocycles. The molecule has 0 bridgehead atoms. The van der Waals surface area contributed by atoms with Crippen LogP contribution in [0.25, 0.3) is 0 Å². The maximum absolute atomic E-state index is 14.0. The van der Waals surface area contributed by atoms with E-state index in [-0.39, 0.29) is 13.0 Å². The number of rotatable bonds is 28. The summed E-state index contributed by atoms with van der Waals surface area (Å²) < 4.78 is 42.8. The van der Waals surface area contributed by atoms with Crippen molar-refractivity contribution in [3.63, 3.8) is 0 Å². The van der Waals surface area contributed by atoms with Crippen LogP contribution in [0, 0.1) is 0 Å². The van der Waals surface area contributed by atoms with Crippen molar-refractivity contribution in [2.45, 2.75) is 180 Å². The Morgan fingerprint density at radius 1 is 0.500 bits per heavy atom. The fourth-order valence-corrected chi connectivity index (χ4v) is 5.44. The van der Waals surface area contributed by atoms with E-state index in [9.17, 15) is 12.8 Å². The molecule has 34 heavy (non-hydrogen) atoms. The van der Waals surface area contributed by atoms with E-state index in [1.807, 2.05) is 0 Å². The molecule has 0 aliphatic rings. The molecule has 0 aromatic carbocycles. The van der Waals surface area contributed by atoms with Crippen molar-refractivity contribution < 1.29 is 17.0 Å². The van der Waals surface area contributed by atoms with Crippen LogP contribution in [0.1, 0.15) is 174 Å². The van der Waals surface area contributed by atoms with Gasteiger partial charge in [-0.3, -0.25) is 4.18 Å². The molecule has 206 valence electrons. The maximum atomic E-state index is 14.0. The molecule has 1 unspecified atom stereocenters. The van der Waals surface area contributed by atoms with Gasteiger partial charge in [0, 0.05) is 0 Å². The molecule has 5 heteroatoms. The van der Waals surface area contributed by atoms with Gasteiger partial charge in [0.1, 0.15) is 0 Å². The number of alkyl halides is 1. The predicted octanol–water partition coefficient (Wildman–Crippen LogP) is 10.4. The lowest BCUT2D eigenvalue weighted by atomic mass is 10.0. The van der Waals surface area contributed by atoms with Gasteiger partial charge in [0.2, 0.25) is 5.50 Å². The van der Waals surface area contributed by atoms with Crippen LogP contribution in [-0.4, -0.2) is 20.5 Å². The number of unbranched alkanes of at least 4 members (excludes halogenated alkanes) is 22. The Morgan fingerprint density at radius 3 is 1.15 bits per heavy atom. The van der Waals surface area contributed by atoms with E-state index in [4.69, 9.17) is 4.18 Å². The quantitative estimate of drug-likeness (QED) is 0.0782. The Hall–Kier alpha value is -0.160. The predicted molar refractivity (Wildman–Crippen MR) is 147 cm³/mol. The van der Waals surface area contributed by atoms with Crippen LogP contribution in [0.2, 0.25) is 0 Å². The van der Waals surface area contributed by atoms with E-state index in [0.29, 0.717) is 12.8 Å². The van der Waals surface area contributed by atoms with Crippen LogP contribution in [0.15, 0.2) is 0 Å². The monoisotopic (exact) mass is 506 g/mol. The molecule has 0 spiro atoms. The highest BCUT2D eigenvalue weighted by Crippen LogP contribution is 2.17. The second kappa shape index (κ2) is 25.9. The van der Waals surface area contributed by atoms with Crippen molar-refractivity contribution in [1.82, 2.24) is 0 Å². The average Bonchev–Trinajstić information content (AvgIpc) is 2.82. The SMILES string of the molecule is CCCCCCCCCCCCCCCCCCCOS(=O)(=O)C(F)CCCCCCCCC. The Balaban J connectivity index is 3.38. The summed E-state index contributed by atoms with van der Waals surface area (Å²) in [5, 5.41) is 0. The van der Waals surface area contributed by atoms with Gasteiger partial charge < -0.3 is 0 Å².